The fraction of sp³-hybridized carbons (Fsp3) is 0.360. The maximum absolute atomic E-state index is 13.8. The minimum absolute atomic E-state index is 0.194. The molecular formula is C25H25ClN6O2. The van der Waals surface area contributed by atoms with E-state index < -0.39 is 0 Å². The monoisotopic (exact) mass is 476 g/mol. The first-order valence-electron chi connectivity index (χ1n) is 11.7. The molecule has 0 unspecified atom stereocenters. The van der Waals surface area contributed by atoms with Crippen molar-refractivity contribution in [2.45, 2.75) is 32.2 Å². The van der Waals surface area contributed by atoms with E-state index in [4.69, 9.17) is 11.6 Å². The van der Waals surface area contributed by atoms with Gasteiger partial charge >= 0.3 is 0 Å². The molecule has 2 N–H and O–H groups in total. The molecule has 0 atom stereocenters. The third-order valence-corrected chi connectivity index (χ3v) is 6.98. The molecule has 3 aromatic rings. The predicted octanol–water partition coefficient (Wildman–Crippen LogP) is 2.91. The van der Waals surface area contributed by atoms with Gasteiger partial charge in [-0.3, -0.25) is 14.6 Å². The fourth-order valence-electron chi connectivity index (χ4n) is 4.71. The smallest absolute Gasteiger partial charge is 0.277 e. The number of fused-ring (bicyclic) bond motifs is 2. The molecule has 4 heterocycles. The molecule has 174 valence electrons. The molecule has 9 heteroatoms. The summed E-state index contributed by atoms with van der Waals surface area (Å²) in [6.07, 6.45) is 5.48. The molecule has 1 saturated carbocycles. The quantitative estimate of drug-likeness (QED) is 0.590. The van der Waals surface area contributed by atoms with E-state index in [9.17, 15) is 9.59 Å². The maximum atomic E-state index is 13.8. The first kappa shape index (κ1) is 21.3. The second kappa shape index (κ2) is 8.52. The third-order valence-electron chi connectivity index (χ3n) is 6.74. The Morgan fingerprint density at radius 3 is 2.91 bits per heavy atom. The zero-order valence-electron chi connectivity index (χ0n) is 18.7. The van der Waals surface area contributed by atoms with E-state index in [2.05, 4.69) is 20.7 Å². The number of hydrogen-bond donors (Lipinski definition) is 2. The average molecular weight is 477 g/mol. The van der Waals surface area contributed by atoms with Crippen LogP contribution in [0.2, 0.25) is 5.02 Å². The second-order valence-electron chi connectivity index (χ2n) is 9.15. The second-order valence-corrected chi connectivity index (χ2v) is 9.59. The molecule has 1 fully saturated rings. The van der Waals surface area contributed by atoms with Crippen LogP contribution in [0.5, 0.6) is 0 Å². The lowest BCUT2D eigenvalue weighted by Gasteiger charge is -2.28. The summed E-state index contributed by atoms with van der Waals surface area (Å²) < 4.78 is 1.56. The van der Waals surface area contributed by atoms with Gasteiger partial charge in [0.25, 0.3) is 11.8 Å². The summed E-state index contributed by atoms with van der Waals surface area (Å²) in [4.78, 5) is 33.2. The number of nitrogens with zero attached hydrogens (tertiary/aromatic N) is 4. The number of aromatic nitrogens is 3. The van der Waals surface area contributed by atoms with Crippen molar-refractivity contribution in [3.8, 4) is 5.69 Å². The van der Waals surface area contributed by atoms with Gasteiger partial charge in [-0.05, 0) is 55.0 Å². The Hall–Kier alpha value is -3.23. The molecule has 0 bridgehead atoms. The van der Waals surface area contributed by atoms with Crippen molar-refractivity contribution in [2.75, 3.05) is 24.5 Å². The molecule has 6 rings (SSSR count). The number of hydrogen-bond acceptors (Lipinski definition) is 5. The van der Waals surface area contributed by atoms with E-state index >= 15 is 0 Å². The molecule has 0 spiro atoms. The summed E-state index contributed by atoms with van der Waals surface area (Å²) >= 11 is 6.24. The predicted molar refractivity (Wildman–Crippen MR) is 129 cm³/mol. The van der Waals surface area contributed by atoms with E-state index in [1.54, 1.807) is 27.9 Å². The highest BCUT2D eigenvalue weighted by Crippen LogP contribution is 2.31. The van der Waals surface area contributed by atoms with Crippen LogP contribution in [0.25, 0.3) is 5.69 Å². The maximum Gasteiger partial charge on any atom is 0.277 e. The number of benzene rings is 1. The normalized spacial score (nSPS) is 17.3. The van der Waals surface area contributed by atoms with Crippen LogP contribution in [-0.2, 0) is 19.4 Å². The summed E-state index contributed by atoms with van der Waals surface area (Å²) in [5.74, 6) is 0.130. The summed E-state index contributed by atoms with van der Waals surface area (Å²) in [5, 5.41) is 11.5. The molecule has 8 nitrogen and oxygen atoms in total. The van der Waals surface area contributed by atoms with Gasteiger partial charge in [0.2, 0.25) is 0 Å². The van der Waals surface area contributed by atoms with Gasteiger partial charge in [-0.2, -0.15) is 5.10 Å². The molecule has 0 radical (unpaired) electrons. The Labute approximate surface area is 202 Å². The SMILES string of the molecule is O=C(NCC1CC1)c1nn(-c2cccc(Cl)c2)c2c1CCN(c1cnc3c(c1)CNCC3)C2=O. The minimum Gasteiger partial charge on any atom is -0.350 e. The van der Waals surface area contributed by atoms with Crippen molar-refractivity contribution < 1.29 is 9.59 Å². The Morgan fingerprint density at radius 1 is 1.21 bits per heavy atom. The molecular weight excluding hydrogens is 452 g/mol. The van der Waals surface area contributed by atoms with Gasteiger partial charge in [0.15, 0.2) is 5.69 Å². The number of nitrogens with one attached hydrogen (secondary N) is 2. The van der Waals surface area contributed by atoms with Crippen LogP contribution < -0.4 is 15.5 Å². The Bertz CT molecular complexity index is 1300. The lowest BCUT2D eigenvalue weighted by Crippen LogP contribution is -2.39. The molecule has 2 aliphatic heterocycles. The van der Waals surface area contributed by atoms with Crippen molar-refractivity contribution in [3.63, 3.8) is 0 Å². The highest BCUT2D eigenvalue weighted by Gasteiger charge is 2.36. The zero-order valence-corrected chi connectivity index (χ0v) is 19.4. The first-order chi connectivity index (χ1) is 16.6. The van der Waals surface area contributed by atoms with Crippen LogP contribution in [-0.4, -0.2) is 46.2 Å². The molecule has 3 aliphatic rings. The van der Waals surface area contributed by atoms with Gasteiger partial charge < -0.3 is 15.5 Å². The number of amides is 2. The van der Waals surface area contributed by atoms with E-state index in [1.165, 1.54) is 0 Å². The van der Waals surface area contributed by atoms with Crippen LogP contribution >= 0.6 is 11.6 Å². The van der Waals surface area contributed by atoms with Crippen molar-refractivity contribution in [2.24, 2.45) is 5.92 Å². The molecule has 2 aromatic heterocycles. The van der Waals surface area contributed by atoms with Crippen LogP contribution in [0.15, 0.2) is 36.5 Å². The van der Waals surface area contributed by atoms with Gasteiger partial charge in [0, 0.05) is 48.9 Å². The van der Waals surface area contributed by atoms with Gasteiger partial charge in [-0.15, -0.1) is 0 Å². The number of carbonyl (C=O) groups is 2. The lowest BCUT2D eigenvalue weighted by molar-refractivity contribution is 0.0945. The van der Waals surface area contributed by atoms with Gasteiger partial charge in [0.05, 0.1) is 17.6 Å². The van der Waals surface area contributed by atoms with Crippen LogP contribution in [0.1, 0.15) is 50.6 Å². The Balaban J connectivity index is 1.40. The largest absolute Gasteiger partial charge is 0.350 e. The van der Waals surface area contributed by atoms with E-state index in [0.29, 0.717) is 53.1 Å². The highest BCUT2D eigenvalue weighted by atomic mass is 35.5. The van der Waals surface area contributed by atoms with E-state index in [0.717, 1.165) is 49.3 Å². The van der Waals surface area contributed by atoms with Crippen molar-refractivity contribution in [3.05, 3.63) is 69.8 Å². The van der Waals surface area contributed by atoms with Crippen LogP contribution in [0.3, 0.4) is 0 Å². The number of anilines is 1. The standard InChI is InChI=1S/C25H25ClN6O2/c26-17-2-1-3-18(11-17)32-23-20(22(30-32)24(33)29-12-15-4-5-15)7-9-31(25(23)34)19-10-16-13-27-8-6-21(16)28-14-19/h1-3,10-11,14-15,27H,4-9,12-13H2,(H,29,33). The molecule has 1 aliphatic carbocycles. The summed E-state index contributed by atoms with van der Waals surface area (Å²) in [6.45, 7) is 2.77. The molecule has 34 heavy (non-hydrogen) atoms. The van der Waals surface area contributed by atoms with Crippen molar-refractivity contribution in [1.29, 1.82) is 0 Å². The van der Waals surface area contributed by atoms with Gasteiger partial charge in [0.1, 0.15) is 5.69 Å². The number of pyridine rings is 1. The Morgan fingerprint density at radius 2 is 2.09 bits per heavy atom. The average Bonchev–Trinajstić information content (AvgIpc) is 3.60. The summed E-state index contributed by atoms with van der Waals surface area (Å²) in [5.41, 5.74) is 5.00. The number of rotatable bonds is 5. The van der Waals surface area contributed by atoms with Crippen molar-refractivity contribution >= 4 is 29.1 Å². The number of carbonyl (C=O) groups excluding carboxylic acids is 2. The third kappa shape index (κ3) is 3.86. The lowest BCUT2D eigenvalue weighted by atomic mass is 10.0. The van der Waals surface area contributed by atoms with Gasteiger partial charge in [-0.25, -0.2) is 4.68 Å². The van der Waals surface area contributed by atoms with Crippen LogP contribution in [0, 0.1) is 5.92 Å². The van der Waals surface area contributed by atoms with Gasteiger partial charge in [-0.1, -0.05) is 17.7 Å². The molecule has 1 aromatic carbocycles. The topological polar surface area (TPSA) is 92.2 Å². The zero-order chi connectivity index (χ0) is 23.2. The first-order valence-corrected chi connectivity index (χ1v) is 12.1. The molecule has 0 saturated heterocycles. The minimum atomic E-state index is -0.230. The highest BCUT2D eigenvalue weighted by molar-refractivity contribution is 6.30. The van der Waals surface area contributed by atoms with E-state index in [-0.39, 0.29) is 11.8 Å². The number of halogens is 1. The van der Waals surface area contributed by atoms with Crippen molar-refractivity contribution in [1.82, 2.24) is 25.4 Å². The van der Waals surface area contributed by atoms with E-state index in [1.807, 2.05) is 18.2 Å². The molecule has 2 amide bonds. The van der Waals surface area contributed by atoms with Crippen LogP contribution in [0.4, 0.5) is 5.69 Å². The summed E-state index contributed by atoms with van der Waals surface area (Å²) in [6, 6.07) is 9.21. The fourth-order valence-corrected chi connectivity index (χ4v) is 4.89. The Kier molecular flexibility index (Phi) is 5.34. The summed E-state index contributed by atoms with van der Waals surface area (Å²) in [7, 11) is 0.